The number of fused-ring (bicyclic) bond motifs is 5. The summed E-state index contributed by atoms with van der Waals surface area (Å²) in [6, 6.07) is 30.2. The minimum atomic E-state index is -0.608. The van der Waals surface area contributed by atoms with Gasteiger partial charge in [-0.05, 0) is 114 Å². The molecule has 0 bridgehead atoms. The molecule has 6 heterocycles. The number of piperazine rings is 1. The van der Waals surface area contributed by atoms with Crippen molar-refractivity contribution in [3.05, 3.63) is 118 Å². The van der Waals surface area contributed by atoms with Crippen LogP contribution in [-0.4, -0.2) is 110 Å². The maximum Gasteiger partial charge on any atom is 0.255 e. The molecule has 0 radical (unpaired) electrons. The molecular weight excluding hydrogens is 765 g/mol. The number of nitrogens with one attached hydrogen (secondary N) is 1. The fourth-order valence-corrected chi connectivity index (χ4v) is 12.2. The molecule has 1 aliphatic carbocycles. The highest BCUT2D eigenvalue weighted by Gasteiger charge is 2.45. The van der Waals surface area contributed by atoms with Gasteiger partial charge < -0.3 is 29.4 Å². The molecule has 4 aromatic rings. The lowest BCUT2D eigenvalue weighted by Crippen LogP contribution is -2.60. The molecule has 2 unspecified atom stereocenters. The van der Waals surface area contributed by atoms with Crippen molar-refractivity contribution in [2.75, 3.05) is 74.2 Å². The Morgan fingerprint density at radius 3 is 2.43 bits per heavy atom. The number of ether oxygens (including phenoxy) is 1. The molecule has 61 heavy (non-hydrogen) atoms. The highest BCUT2D eigenvalue weighted by molar-refractivity contribution is 6.06. The van der Waals surface area contributed by atoms with Crippen LogP contribution in [0.2, 0.25) is 0 Å². The fraction of sp³-hybridized carbons (Fsp3) is 0.460. The Labute approximate surface area is 358 Å². The summed E-state index contributed by atoms with van der Waals surface area (Å²) in [6.45, 7) is 8.03. The minimum Gasteiger partial charge on any atom is -0.508 e. The van der Waals surface area contributed by atoms with Gasteiger partial charge in [-0.3, -0.25) is 24.6 Å². The molecular formula is C50H56N6O5. The first-order chi connectivity index (χ1) is 29.7. The number of benzene rings is 4. The molecule has 3 amide bonds. The van der Waals surface area contributed by atoms with Crippen molar-refractivity contribution < 1.29 is 24.2 Å². The molecule has 0 aromatic heterocycles. The average molecular weight is 821 g/mol. The SMILES string of the molecule is CN1C[C@@H]2CN(CC3CC4(CCN(c5ccc([C@@H]6c7ccc(O)cc7CC[C@@H]6c6ccccc6)cc5)CC4)CO3)CCN2c2cc3c(cc21)C(=O)N(C1CCC(=O)NC1=O)C3. The number of hydrogen-bond donors (Lipinski definition) is 2. The summed E-state index contributed by atoms with van der Waals surface area (Å²) in [5.41, 5.74) is 10.7. The van der Waals surface area contributed by atoms with Crippen LogP contribution in [0.25, 0.3) is 0 Å². The van der Waals surface area contributed by atoms with Crippen LogP contribution in [0.4, 0.5) is 17.1 Å². The van der Waals surface area contributed by atoms with Gasteiger partial charge in [0.1, 0.15) is 11.8 Å². The second kappa shape index (κ2) is 15.2. The molecule has 11 rings (SSSR count). The van der Waals surface area contributed by atoms with Crippen molar-refractivity contribution in [3.63, 3.8) is 0 Å². The third-order valence-electron chi connectivity index (χ3n) is 15.4. The molecule has 316 valence electrons. The predicted octanol–water partition coefficient (Wildman–Crippen LogP) is 6.03. The van der Waals surface area contributed by atoms with Crippen LogP contribution >= 0.6 is 0 Å². The van der Waals surface area contributed by atoms with Crippen molar-refractivity contribution in [1.82, 2.24) is 15.1 Å². The van der Waals surface area contributed by atoms with E-state index in [1.165, 1.54) is 33.6 Å². The molecule has 7 aliphatic rings. The van der Waals surface area contributed by atoms with Crippen molar-refractivity contribution in [3.8, 4) is 5.75 Å². The first-order valence-electron chi connectivity index (χ1n) is 22.5. The molecule has 4 fully saturated rings. The molecule has 11 nitrogen and oxygen atoms in total. The zero-order chi connectivity index (χ0) is 41.4. The second-order valence-corrected chi connectivity index (χ2v) is 19.0. The molecule has 4 aromatic carbocycles. The van der Waals surface area contributed by atoms with E-state index in [2.05, 4.69) is 98.7 Å². The van der Waals surface area contributed by atoms with Crippen LogP contribution in [0, 0.1) is 5.41 Å². The van der Waals surface area contributed by atoms with Crippen LogP contribution in [0.15, 0.2) is 84.9 Å². The maximum absolute atomic E-state index is 13.5. The van der Waals surface area contributed by atoms with Gasteiger partial charge in [0.25, 0.3) is 5.91 Å². The average Bonchev–Trinajstić information content (AvgIpc) is 3.81. The van der Waals surface area contributed by atoms with E-state index in [1.54, 1.807) is 4.90 Å². The lowest BCUT2D eigenvalue weighted by Gasteiger charge is -2.49. The number of amides is 3. The fourth-order valence-electron chi connectivity index (χ4n) is 12.2. The van der Waals surface area contributed by atoms with Gasteiger partial charge in [-0.25, -0.2) is 0 Å². The Kier molecular flexibility index (Phi) is 9.60. The van der Waals surface area contributed by atoms with Gasteiger partial charge in [-0.1, -0.05) is 48.5 Å². The number of carbonyl (C=O) groups is 3. The number of phenols is 1. The zero-order valence-electron chi connectivity index (χ0n) is 35.1. The Morgan fingerprint density at radius 1 is 0.803 bits per heavy atom. The van der Waals surface area contributed by atoms with E-state index in [-0.39, 0.29) is 41.6 Å². The number of carbonyl (C=O) groups excluding carboxylic acids is 3. The number of piperidine rings is 2. The van der Waals surface area contributed by atoms with Gasteiger partial charge >= 0.3 is 0 Å². The van der Waals surface area contributed by atoms with E-state index in [1.807, 2.05) is 18.2 Å². The predicted molar refractivity (Wildman–Crippen MR) is 235 cm³/mol. The third-order valence-corrected chi connectivity index (χ3v) is 15.4. The number of rotatable bonds is 6. The highest BCUT2D eigenvalue weighted by atomic mass is 16.5. The first-order valence-corrected chi connectivity index (χ1v) is 22.5. The smallest absolute Gasteiger partial charge is 0.255 e. The highest BCUT2D eigenvalue weighted by Crippen LogP contribution is 2.48. The first kappa shape index (κ1) is 38.5. The minimum absolute atomic E-state index is 0.121. The Hall–Kier alpha value is -5.39. The van der Waals surface area contributed by atoms with Crippen molar-refractivity contribution >= 4 is 34.8 Å². The Balaban J connectivity index is 0.707. The summed E-state index contributed by atoms with van der Waals surface area (Å²) in [7, 11) is 2.12. The van der Waals surface area contributed by atoms with E-state index in [4.69, 9.17) is 4.74 Å². The van der Waals surface area contributed by atoms with E-state index < -0.39 is 6.04 Å². The molecule has 4 saturated heterocycles. The van der Waals surface area contributed by atoms with Gasteiger partial charge in [0.2, 0.25) is 11.8 Å². The molecule has 6 aliphatic heterocycles. The number of aryl methyl sites for hydroxylation is 1. The Bertz CT molecular complexity index is 2360. The number of nitrogens with zero attached hydrogens (tertiary/aromatic N) is 5. The van der Waals surface area contributed by atoms with Gasteiger partial charge in [0.05, 0.1) is 30.1 Å². The second-order valence-electron chi connectivity index (χ2n) is 19.0. The summed E-state index contributed by atoms with van der Waals surface area (Å²) in [6.07, 6.45) is 6.32. The third kappa shape index (κ3) is 6.94. The number of hydrogen-bond acceptors (Lipinski definition) is 9. The Morgan fingerprint density at radius 2 is 1.62 bits per heavy atom. The van der Waals surface area contributed by atoms with E-state index in [0.717, 1.165) is 95.8 Å². The topological polar surface area (TPSA) is 109 Å². The maximum atomic E-state index is 13.5. The number of anilines is 3. The van der Waals surface area contributed by atoms with Gasteiger partial charge in [0.15, 0.2) is 0 Å². The van der Waals surface area contributed by atoms with Crippen LogP contribution in [0.3, 0.4) is 0 Å². The lowest BCUT2D eigenvalue weighted by atomic mass is 9.69. The standard InChI is InChI=1S/C50H56N6O5/c1-52-28-37-29-53(21-22-55(37)45-24-35-27-56(49(60)42(35)25-44(45)52)43-15-16-46(58)51-48(43)59)30-39-26-50(31-61-39)17-19-54(20-18-50)36-10-7-33(8-11-36)47-40(32-5-3-2-4-6-32)13-9-34-23-38(57)12-14-41(34)47/h2-8,10-12,14,23-25,37,39-40,43,47,57H,9,13,15-22,26-31H2,1H3,(H,51,58,59)/t37-,39?,40-,43?,47+/m1/s1. The summed E-state index contributed by atoms with van der Waals surface area (Å²) in [5.74, 6) is 0.238. The number of aromatic hydroxyl groups is 1. The van der Waals surface area contributed by atoms with Crippen LogP contribution < -0.4 is 20.0 Å². The summed E-state index contributed by atoms with van der Waals surface area (Å²) < 4.78 is 6.62. The van der Waals surface area contributed by atoms with Crippen molar-refractivity contribution in [2.24, 2.45) is 5.41 Å². The molecule has 5 atom stereocenters. The number of imide groups is 1. The van der Waals surface area contributed by atoms with E-state index in [9.17, 15) is 19.5 Å². The van der Waals surface area contributed by atoms with Gasteiger partial charge in [0, 0.05) is 83.0 Å². The van der Waals surface area contributed by atoms with Crippen LogP contribution in [-0.2, 0) is 27.3 Å². The molecule has 1 spiro atoms. The van der Waals surface area contributed by atoms with Gasteiger partial charge in [-0.15, -0.1) is 0 Å². The largest absolute Gasteiger partial charge is 0.508 e. The number of likely N-dealkylation sites (N-methyl/N-ethyl adjacent to an activating group) is 1. The monoisotopic (exact) mass is 820 g/mol. The van der Waals surface area contributed by atoms with E-state index >= 15 is 0 Å². The number of phenolic OH excluding ortho intramolecular Hbond substituents is 1. The quantitative estimate of drug-likeness (QED) is 0.226. The van der Waals surface area contributed by atoms with Crippen molar-refractivity contribution in [1.29, 1.82) is 0 Å². The molecule has 11 heteroatoms. The van der Waals surface area contributed by atoms with Gasteiger partial charge in [-0.2, -0.15) is 0 Å². The lowest BCUT2D eigenvalue weighted by molar-refractivity contribution is -0.136. The zero-order valence-corrected chi connectivity index (χ0v) is 35.1. The van der Waals surface area contributed by atoms with Crippen molar-refractivity contribution in [2.45, 2.75) is 81.5 Å². The molecule has 2 N–H and O–H groups in total. The summed E-state index contributed by atoms with van der Waals surface area (Å²) in [4.78, 5) is 49.6. The normalized spacial score (nSPS) is 27.2. The summed E-state index contributed by atoms with van der Waals surface area (Å²) >= 11 is 0. The van der Waals surface area contributed by atoms with Crippen LogP contribution in [0.1, 0.15) is 88.5 Å². The van der Waals surface area contributed by atoms with Crippen LogP contribution in [0.5, 0.6) is 5.75 Å². The summed E-state index contributed by atoms with van der Waals surface area (Å²) in [5, 5.41) is 12.7. The van der Waals surface area contributed by atoms with E-state index in [0.29, 0.717) is 36.2 Å². The molecule has 0 saturated carbocycles.